The van der Waals surface area contributed by atoms with Gasteiger partial charge >= 0.3 is 5.97 Å². The molecule has 146 valence electrons. The molecule has 1 heterocycles. The summed E-state index contributed by atoms with van der Waals surface area (Å²) in [5.74, 6) is -1.32. The van der Waals surface area contributed by atoms with E-state index in [1.165, 1.54) is 4.90 Å². The van der Waals surface area contributed by atoms with E-state index in [0.29, 0.717) is 22.6 Å². The smallest absolute Gasteiger partial charge is 0.340 e. The third-order valence-electron chi connectivity index (χ3n) is 4.39. The topological polar surface area (TPSA) is 87.7 Å². The second kappa shape index (κ2) is 9.03. The molecule has 1 aliphatic heterocycles. The number of nitrogens with one attached hydrogen (secondary N) is 2. The molecule has 0 saturated heterocycles. The number of amides is 2. The van der Waals surface area contributed by atoms with Gasteiger partial charge < -0.3 is 15.4 Å². The first kappa shape index (κ1) is 19.4. The van der Waals surface area contributed by atoms with Gasteiger partial charge in [0.2, 0.25) is 5.91 Å². The van der Waals surface area contributed by atoms with Gasteiger partial charge in [-0.15, -0.1) is 0 Å². The van der Waals surface area contributed by atoms with Gasteiger partial charge in [-0.1, -0.05) is 37.6 Å². The summed E-state index contributed by atoms with van der Waals surface area (Å²) in [5.41, 5.74) is 2.20. The van der Waals surface area contributed by atoms with E-state index in [2.05, 4.69) is 17.6 Å². The number of esters is 1. The van der Waals surface area contributed by atoms with Gasteiger partial charge in [-0.25, -0.2) is 4.79 Å². The van der Waals surface area contributed by atoms with Crippen molar-refractivity contribution in [1.82, 2.24) is 0 Å². The molecule has 1 aliphatic rings. The van der Waals surface area contributed by atoms with Crippen molar-refractivity contribution in [2.75, 3.05) is 35.2 Å². The Labute approximate surface area is 163 Å². The van der Waals surface area contributed by atoms with E-state index in [4.69, 9.17) is 4.74 Å². The number of hydrogen-bond acceptors (Lipinski definition) is 5. The van der Waals surface area contributed by atoms with Gasteiger partial charge in [-0.2, -0.15) is 0 Å². The fourth-order valence-electron chi connectivity index (χ4n) is 2.95. The van der Waals surface area contributed by atoms with Crippen LogP contribution < -0.4 is 15.5 Å². The number of ether oxygens (including phenoxy) is 1. The van der Waals surface area contributed by atoms with E-state index in [9.17, 15) is 14.4 Å². The van der Waals surface area contributed by atoms with Crippen LogP contribution in [-0.4, -0.2) is 37.5 Å². The van der Waals surface area contributed by atoms with Gasteiger partial charge in [-0.3, -0.25) is 14.5 Å². The molecule has 0 atom stereocenters. The lowest BCUT2D eigenvalue weighted by Gasteiger charge is -2.28. The number of unbranched alkanes of at least 4 members (excludes halogenated alkanes) is 1. The second-order valence-electron chi connectivity index (χ2n) is 6.45. The van der Waals surface area contributed by atoms with Crippen LogP contribution in [0.2, 0.25) is 0 Å². The van der Waals surface area contributed by atoms with Crippen molar-refractivity contribution in [3.05, 3.63) is 54.1 Å². The second-order valence-corrected chi connectivity index (χ2v) is 6.45. The van der Waals surface area contributed by atoms with Gasteiger partial charge in [0.15, 0.2) is 6.61 Å². The fraction of sp³-hybridized carbons (Fsp3) is 0.286. The van der Waals surface area contributed by atoms with Crippen LogP contribution >= 0.6 is 0 Å². The highest BCUT2D eigenvalue weighted by atomic mass is 16.5. The fourth-order valence-corrected chi connectivity index (χ4v) is 2.95. The number of nitrogens with zero attached hydrogens (tertiary/aromatic N) is 1. The first-order valence-corrected chi connectivity index (χ1v) is 9.29. The van der Waals surface area contributed by atoms with Crippen LogP contribution in [0.5, 0.6) is 0 Å². The summed E-state index contributed by atoms with van der Waals surface area (Å²) in [7, 11) is 0. The first-order valence-electron chi connectivity index (χ1n) is 9.29. The molecule has 3 rings (SSSR count). The molecule has 0 aliphatic carbocycles. The number of rotatable bonds is 7. The maximum absolute atomic E-state index is 12.6. The van der Waals surface area contributed by atoms with Crippen LogP contribution in [0.25, 0.3) is 0 Å². The molecule has 2 aromatic rings. The molecule has 0 fully saturated rings. The lowest BCUT2D eigenvalue weighted by Crippen LogP contribution is -2.44. The Hall–Kier alpha value is -3.35. The highest BCUT2D eigenvalue weighted by Gasteiger charge is 2.27. The van der Waals surface area contributed by atoms with E-state index in [1.807, 2.05) is 6.07 Å². The molecule has 0 bridgehead atoms. The number of carbonyl (C=O) groups excluding carboxylic acids is 3. The Kier molecular flexibility index (Phi) is 6.26. The molecule has 2 N–H and O–H groups in total. The average Bonchev–Trinajstić information content (AvgIpc) is 2.71. The maximum Gasteiger partial charge on any atom is 0.340 e. The van der Waals surface area contributed by atoms with E-state index < -0.39 is 18.5 Å². The van der Waals surface area contributed by atoms with Crippen molar-refractivity contribution in [2.45, 2.75) is 19.8 Å². The van der Waals surface area contributed by atoms with Crippen LogP contribution in [-0.2, 0) is 14.3 Å². The molecule has 0 spiro atoms. The Bertz CT molecular complexity index is 881. The molecular formula is C21H23N3O4. The summed E-state index contributed by atoms with van der Waals surface area (Å²) in [5, 5.41) is 5.93. The van der Waals surface area contributed by atoms with Gasteiger partial charge in [0, 0.05) is 12.2 Å². The molecule has 2 aromatic carbocycles. The van der Waals surface area contributed by atoms with Crippen molar-refractivity contribution in [1.29, 1.82) is 0 Å². The molecule has 0 aromatic heterocycles. The number of fused-ring (bicyclic) bond motifs is 1. The summed E-state index contributed by atoms with van der Waals surface area (Å²) in [6, 6.07) is 14.0. The highest BCUT2D eigenvalue weighted by Crippen LogP contribution is 2.29. The minimum atomic E-state index is -0.581. The van der Waals surface area contributed by atoms with E-state index >= 15 is 0 Å². The molecule has 0 saturated carbocycles. The first-order chi connectivity index (χ1) is 13.6. The van der Waals surface area contributed by atoms with Crippen molar-refractivity contribution >= 4 is 34.8 Å². The van der Waals surface area contributed by atoms with Crippen LogP contribution in [0.15, 0.2) is 48.5 Å². The van der Waals surface area contributed by atoms with Gasteiger partial charge in [0.1, 0.15) is 6.54 Å². The zero-order chi connectivity index (χ0) is 19.9. The summed E-state index contributed by atoms with van der Waals surface area (Å²) >= 11 is 0. The van der Waals surface area contributed by atoms with Crippen molar-refractivity contribution in [2.24, 2.45) is 0 Å². The van der Waals surface area contributed by atoms with Crippen LogP contribution in [0.3, 0.4) is 0 Å². The summed E-state index contributed by atoms with van der Waals surface area (Å²) in [6.45, 7) is 2.29. The number of carbonyl (C=O) groups is 3. The summed E-state index contributed by atoms with van der Waals surface area (Å²) < 4.78 is 5.24. The van der Waals surface area contributed by atoms with Gasteiger partial charge in [-0.05, 0) is 30.7 Å². The monoisotopic (exact) mass is 381 g/mol. The Morgan fingerprint density at radius 1 is 1.14 bits per heavy atom. The maximum atomic E-state index is 12.6. The number of hydrogen-bond donors (Lipinski definition) is 2. The minimum Gasteiger partial charge on any atom is -0.452 e. The van der Waals surface area contributed by atoms with Crippen molar-refractivity contribution in [3.63, 3.8) is 0 Å². The molecule has 2 amide bonds. The molecule has 0 radical (unpaired) electrons. The Morgan fingerprint density at radius 3 is 2.71 bits per heavy atom. The van der Waals surface area contributed by atoms with Crippen LogP contribution in [0.1, 0.15) is 30.1 Å². The van der Waals surface area contributed by atoms with Crippen molar-refractivity contribution in [3.8, 4) is 0 Å². The number of benzene rings is 2. The standard InChI is InChI=1S/C21H23N3O4/c1-2-3-12-22-16-9-5-4-8-15(16)21(27)28-14-20(26)24-13-19(25)23-17-10-6-7-11-18(17)24/h4-11,22H,2-3,12-14H2,1H3,(H,23,25). The average molecular weight is 381 g/mol. The number of anilines is 3. The molecule has 7 nitrogen and oxygen atoms in total. The quantitative estimate of drug-likeness (QED) is 0.569. The lowest BCUT2D eigenvalue weighted by molar-refractivity contribution is -0.124. The van der Waals surface area contributed by atoms with Crippen LogP contribution in [0.4, 0.5) is 17.1 Å². The normalized spacial score (nSPS) is 12.8. The molecule has 0 unspecified atom stereocenters. The van der Waals surface area contributed by atoms with Gasteiger partial charge in [0.25, 0.3) is 5.91 Å². The predicted molar refractivity (Wildman–Crippen MR) is 108 cm³/mol. The third-order valence-corrected chi connectivity index (χ3v) is 4.39. The highest BCUT2D eigenvalue weighted by molar-refractivity contribution is 6.10. The van der Waals surface area contributed by atoms with Gasteiger partial charge in [0.05, 0.1) is 16.9 Å². The largest absolute Gasteiger partial charge is 0.452 e. The van der Waals surface area contributed by atoms with Crippen molar-refractivity contribution < 1.29 is 19.1 Å². The zero-order valence-corrected chi connectivity index (χ0v) is 15.7. The minimum absolute atomic E-state index is 0.109. The number of para-hydroxylation sites is 3. The predicted octanol–water partition coefficient (Wildman–Crippen LogP) is 3.04. The molecular weight excluding hydrogens is 358 g/mol. The Balaban J connectivity index is 1.66. The molecule has 7 heteroatoms. The summed E-state index contributed by atoms with van der Waals surface area (Å²) in [4.78, 5) is 38.2. The van der Waals surface area contributed by atoms with E-state index in [0.717, 1.165) is 19.4 Å². The lowest BCUT2D eigenvalue weighted by atomic mass is 10.1. The summed E-state index contributed by atoms with van der Waals surface area (Å²) in [6.07, 6.45) is 2.03. The molecule has 28 heavy (non-hydrogen) atoms. The SMILES string of the molecule is CCCCNc1ccccc1C(=O)OCC(=O)N1CC(=O)Nc2ccccc21. The Morgan fingerprint density at radius 2 is 1.89 bits per heavy atom. The third kappa shape index (κ3) is 4.49. The van der Waals surface area contributed by atoms with Crippen LogP contribution in [0, 0.1) is 0 Å². The van der Waals surface area contributed by atoms with E-state index in [-0.39, 0.29) is 12.5 Å². The van der Waals surface area contributed by atoms with E-state index in [1.54, 1.807) is 42.5 Å². The zero-order valence-electron chi connectivity index (χ0n) is 15.7.